The third-order valence-electron chi connectivity index (χ3n) is 3.06. The number of rotatable bonds is 1. The van der Waals surface area contributed by atoms with Gasteiger partial charge in [-0.25, -0.2) is 0 Å². The Morgan fingerprint density at radius 2 is 2.17 bits per heavy atom. The Hall–Kier alpha value is -1.76. The molecule has 92 valence electrons. The first-order valence-corrected chi connectivity index (χ1v) is 6.25. The lowest BCUT2D eigenvalue weighted by Crippen LogP contribution is -2.15. The zero-order valence-electron chi connectivity index (χ0n) is 9.55. The van der Waals surface area contributed by atoms with Crippen molar-refractivity contribution in [3.8, 4) is 5.69 Å². The van der Waals surface area contributed by atoms with Crippen molar-refractivity contribution in [2.24, 2.45) is 0 Å². The number of benzene rings is 1. The number of aryl methyl sites for hydroxylation is 3. The number of nitro benzene ring substituents is 1. The van der Waals surface area contributed by atoms with E-state index in [1.54, 1.807) is 11.5 Å². The van der Waals surface area contributed by atoms with E-state index < -0.39 is 0 Å². The number of fused-ring (bicyclic) bond motifs is 3. The summed E-state index contributed by atoms with van der Waals surface area (Å²) in [7, 11) is 0. The number of hydrogen-bond donors (Lipinski definition) is 0. The molecule has 0 bridgehead atoms. The Balaban J connectivity index is 2.37. The Morgan fingerprint density at radius 1 is 1.39 bits per heavy atom. The molecule has 0 saturated heterocycles. The molecule has 1 aliphatic heterocycles. The number of nitro groups is 1. The van der Waals surface area contributed by atoms with Crippen LogP contribution in [0.2, 0.25) is 0 Å². The molecule has 18 heavy (non-hydrogen) atoms. The van der Waals surface area contributed by atoms with E-state index >= 15 is 0 Å². The van der Waals surface area contributed by atoms with Crippen LogP contribution in [-0.4, -0.2) is 19.7 Å². The minimum atomic E-state index is -0.363. The molecule has 0 spiro atoms. The molecule has 0 N–H and O–H groups in total. The molecular formula is C11H9BrN4O2. The van der Waals surface area contributed by atoms with Crippen LogP contribution < -0.4 is 0 Å². The monoisotopic (exact) mass is 308 g/mol. The molecular weight excluding hydrogens is 300 g/mol. The molecule has 0 radical (unpaired) electrons. The van der Waals surface area contributed by atoms with Crippen LogP contribution in [0.1, 0.15) is 17.2 Å². The van der Waals surface area contributed by atoms with Gasteiger partial charge in [0.15, 0.2) is 0 Å². The van der Waals surface area contributed by atoms with E-state index in [1.165, 1.54) is 6.07 Å². The molecule has 0 aliphatic carbocycles. The SMILES string of the molecule is Cc1nnc2n1-c1c(cc(Br)cc1[N+](=O)[O-])CC2. The summed E-state index contributed by atoms with van der Waals surface area (Å²) in [5.41, 5.74) is 1.64. The van der Waals surface area contributed by atoms with Crippen LogP contribution in [0.25, 0.3) is 5.69 Å². The average Bonchev–Trinajstić information content (AvgIpc) is 2.70. The average molecular weight is 309 g/mol. The minimum Gasteiger partial charge on any atom is -0.276 e. The summed E-state index contributed by atoms with van der Waals surface area (Å²) in [5.74, 6) is 1.46. The van der Waals surface area contributed by atoms with Crippen LogP contribution in [0.5, 0.6) is 0 Å². The van der Waals surface area contributed by atoms with E-state index in [0.29, 0.717) is 11.5 Å². The third-order valence-corrected chi connectivity index (χ3v) is 3.52. The highest BCUT2D eigenvalue weighted by molar-refractivity contribution is 9.10. The van der Waals surface area contributed by atoms with Crippen LogP contribution in [0.15, 0.2) is 16.6 Å². The topological polar surface area (TPSA) is 73.8 Å². The van der Waals surface area contributed by atoms with Gasteiger partial charge in [-0.15, -0.1) is 10.2 Å². The quantitative estimate of drug-likeness (QED) is 0.598. The van der Waals surface area contributed by atoms with E-state index in [-0.39, 0.29) is 10.6 Å². The largest absolute Gasteiger partial charge is 0.294 e. The molecule has 6 nitrogen and oxygen atoms in total. The van der Waals surface area contributed by atoms with Crippen molar-refractivity contribution in [3.05, 3.63) is 43.9 Å². The normalized spacial score (nSPS) is 13.0. The standard InChI is InChI=1S/C11H9BrN4O2/c1-6-13-14-10-3-2-7-4-8(12)5-9(16(17)18)11(7)15(6)10/h4-5H,2-3H2,1H3. The molecule has 2 heterocycles. The summed E-state index contributed by atoms with van der Waals surface area (Å²) >= 11 is 3.31. The Bertz CT molecular complexity index is 665. The number of nitrogens with zero attached hydrogens (tertiary/aromatic N) is 4. The lowest BCUT2D eigenvalue weighted by molar-refractivity contribution is -0.384. The number of halogens is 1. The predicted octanol–water partition coefficient (Wildman–Crippen LogP) is 2.35. The minimum absolute atomic E-state index is 0.0863. The first-order chi connectivity index (χ1) is 8.58. The van der Waals surface area contributed by atoms with Crippen LogP contribution >= 0.6 is 15.9 Å². The van der Waals surface area contributed by atoms with Crippen molar-refractivity contribution in [1.82, 2.24) is 14.8 Å². The van der Waals surface area contributed by atoms with E-state index in [1.807, 2.05) is 6.07 Å². The molecule has 3 rings (SSSR count). The van der Waals surface area contributed by atoms with Crippen molar-refractivity contribution >= 4 is 21.6 Å². The highest BCUT2D eigenvalue weighted by Crippen LogP contribution is 2.35. The van der Waals surface area contributed by atoms with Gasteiger partial charge in [0.2, 0.25) is 0 Å². The Kier molecular flexibility index (Phi) is 2.44. The first kappa shape index (κ1) is 11.3. The molecule has 0 atom stereocenters. The van der Waals surface area contributed by atoms with Gasteiger partial charge in [-0.3, -0.25) is 14.7 Å². The maximum atomic E-state index is 11.2. The highest BCUT2D eigenvalue weighted by Gasteiger charge is 2.28. The van der Waals surface area contributed by atoms with Crippen LogP contribution in [0.4, 0.5) is 5.69 Å². The first-order valence-electron chi connectivity index (χ1n) is 5.46. The molecule has 0 saturated carbocycles. The lowest BCUT2D eigenvalue weighted by atomic mass is 10.0. The summed E-state index contributed by atoms with van der Waals surface area (Å²) in [6, 6.07) is 3.44. The number of aromatic nitrogens is 3. The van der Waals surface area contributed by atoms with Gasteiger partial charge in [-0.2, -0.15) is 0 Å². The molecule has 0 amide bonds. The lowest BCUT2D eigenvalue weighted by Gasteiger charge is -2.18. The van der Waals surface area contributed by atoms with Crippen molar-refractivity contribution in [1.29, 1.82) is 0 Å². The molecule has 1 aromatic heterocycles. The van der Waals surface area contributed by atoms with Gasteiger partial charge in [0.25, 0.3) is 5.69 Å². The van der Waals surface area contributed by atoms with E-state index in [9.17, 15) is 10.1 Å². The second-order valence-corrected chi connectivity index (χ2v) is 5.10. The molecule has 0 fully saturated rings. The van der Waals surface area contributed by atoms with Gasteiger partial charge in [0.05, 0.1) is 4.92 Å². The Labute approximate surface area is 111 Å². The molecule has 7 heteroatoms. The summed E-state index contributed by atoms with van der Waals surface area (Å²) < 4.78 is 2.51. The summed E-state index contributed by atoms with van der Waals surface area (Å²) in [6.45, 7) is 1.80. The number of hydrogen-bond acceptors (Lipinski definition) is 4. The zero-order valence-corrected chi connectivity index (χ0v) is 11.1. The maximum absolute atomic E-state index is 11.2. The molecule has 0 unspecified atom stereocenters. The Morgan fingerprint density at radius 3 is 2.89 bits per heavy atom. The van der Waals surface area contributed by atoms with Gasteiger partial charge in [-0.1, -0.05) is 15.9 Å². The fourth-order valence-corrected chi connectivity index (χ4v) is 2.83. The van der Waals surface area contributed by atoms with E-state index in [0.717, 1.165) is 28.7 Å². The van der Waals surface area contributed by atoms with Gasteiger partial charge in [0, 0.05) is 17.0 Å². The summed E-state index contributed by atoms with van der Waals surface area (Å²) in [5, 5.41) is 19.3. The van der Waals surface area contributed by atoms with Crippen molar-refractivity contribution < 1.29 is 4.92 Å². The van der Waals surface area contributed by atoms with E-state index in [4.69, 9.17) is 0 Å². The van der Waals surface area contributed by atoms with Crippen molar-refractivity contribution in [3.63, 3.8) is 0 Å². The molecule has 1 aliphatic rings. The van der Waals surface area contributed by atoms with Crippen molar-refractivity contribution in [2.75, 3.05) is 0 Å². The van der Waals surface area contributed by atoms with Crippen LogP contribution in [0, 0.1) is 17.0 Å². The van der Waals surface area contributed by atoms with Gasteiger partial charge in [0.1, 0.15) is 17.3 Å². The van der Waals surface area contributed by atoms with Crippen molar-refractivity contribution in [2.45, 2.75) is 19.8 Å². The summed E-state index contributed by atoms with van der Waals surface area (Å²) in [6.07, 6.45) is 1.50. The van der Waals surface area contributed by atoms with Gasteiger partial charge >= 0.3 is 0 Å². The predicted molar refractivity (Wildman–Crippen MR) is 67.9 cm³/mol. The van der Waals surface area contributed by atoms with Gasteiger partial charge < -0.3 is 0 Å². The summed E-state index contributed by atoms with van der Waals surface area (Å²) in [4.78, 5) is 10.8. The van der Waals surface area contributed by atoms with Crippen LogP contribution in [-0.2, 0) is 12.8 Å². The zero-order chi connectivity index (χ0) is 12.9. The highest BCUT2D eigenvalue weighted by atomic mass is 79.9. The smallest absolute Gasteiger partial charge is 0.276 e. The third kappa shape index (κ3) is 1.54. The molecule has 1 aromatic carbocycles. The molecule has 2 aromatic rings. The van der Waals surface area contributed by atoms with E-state index in [2.05, 4.69) is 26.1 Å². The van der Waals surface area contributed by atoms with Crippen LogP contribution in [0.3, 0.4) is 0 Å². The second kappa shape index (κ2) is 3.88. The van der Waals surface area contributed by atoms with Gasteiger partial charge in [-0.05, 0) is 25.0 Å². The fourth-order valence-electron chi connectivity index (χ4n) is 2.33. The second-order valence-electron chi connectivity index (χ2n) is 4.19. The maximum Gasteiger partial charge on any atom is 0.294 e. The fraction of sp³-hybridized carbons (Fsp3) is 0.273.